The van der Waals surface area contributed by atoms with Crippen LogP contribution in [-0.4, -0.2) is 102 Å². The number of hydrogen-bond acceptors (Lipinski definition) is 7. The van der Waals surface area contributed by atoms with Gasteiger partial charge in [0.1, 0.15) is 0 Å². The molecule has 0 unspecified atom stereocenters. The molecule has 4 amide bonds. The van der Waals surface area contributed by atoms with Gasteiger partial charge in [0.2, 0.25) is 11.8 Å². The van der Waals surface area contributed by atoms with E-state index in [4.69, 9.17) is 23.8 Å². The number of piperazine rings is 1. The van der Waals surface area contributed by atoms with Crippen molar-refractivity contribution < 1.29 is 14.4 Å². The van der Waals surface area contributed by atoms with Crippen molar-refractivity contribution in [3.63, 3.8) is 0 Å². The fraction of sp³-hybridized carbons (Fsp3) is 0.545. The Bertz CT molecular complexity index is 1450. The highest BCUT2D eigenvalue weighted by Gasteiger charge is 2.36. The van der Waals surface area contributed by atoms with Gasteiger partial charge in [0.25, 0.3) is 0 Å². The second kappa shape index (κ2) is 14.0. The van der Waals surface area contributed by atoms with Gasteiger partial charge < -0.3 is 31.1 Å². The van der Waals surface area contributed by atoms with Crippen LogP contribution in [0.15, 0.2) is 22.9 Å². The van der Waals surface area contributed by atoms with E-state index in [0.717, 1.165) is 55.8 Å². The van der Waals surface area contributed by atoms with Gasteiger partial charge in [-0.25, -0.2) is 4.79 Å². The first-order valence-corrected chi connectivity index (χ1v) is 17.3. The minimum atomic E-state index is -0.541. The summed E-state index contributed by atoms with van der Waals surface area (Å²) in [5, 5.41) is 10.8. The number of terminal acetylenes is 1. The van der Waals surface area contributed by atoms with Crippen LogP contribution in [0.5, 0.6) is 0 Å². The Morgan fingerprint density at radius 2 is 1.71 bits per heavy atom. The van der Waals surface area contributed by atoms with Crippen LogP contribution >= 0.6 is 22.9 Å². The summed E-state index contributed by atoms with van der Waals surface area (Å²) in [6.45, 7) is 7.16. The summed E-state index contributed by atoms with van der Waals surface area (Å²) >= 11 is 7.99. The molecular weight excluding hydrogens is 610 g/mol. The minimum Gasteiger partial charge on any atom is -0.397 e. The Balaban J connectivity index is 1.11. The molecule has 12 heteroatoms. The number of benzene rings is 1. The summed E-state index contributed by atoms with van der Waals surface area (Å²) in [6, 6.07) is 4.03. The van der Waals surface area contributed by atoms with Crippen molar-refractivity contribution in [2.75, 3.05) is 63.4 Å². The van der Waals surface area contributed by atoms with Crippen LogP contribution < -0.4 is 16.4 Å². The summed E-state index contributed by atoms with van der Waals surface area (Å²) in [5.74, 6) is 2.01. The minimum absolute atomic E-state index is 0.00348. The number of carbonyl (C=O) groups is 3. The fourth-order valence-corrected chi connectivity index (χ4v) is 8.28. The van der Waals surface area contributed by atoms with Crippen LogP contribution in [0, 0.1) is 18.3 Å². The molecule has 6 rings (SSSR count). The number of amides is 4. The van der Waals surface area contributed by atoms with Crippen molar-refractivity contribution in [1.29, 1.82) is 0 Å². The third-order valence-electron chi connectivity index (χ3n) is 9.88. The number of nitrogen functional groups attached to an aromatic ring is 1. The monoisotopic (exact) mass is 651 g/mol. The van der Waals surface area contributed by atoms with Crippen molar-refractivity contribution in [3.05, 3.63) is 44.6 Å². The highest BCUT2D eigenvalue weighted by Crippen LogP contribution is 2.32. The maximum atomic E-state index is 14.1. The standard InChI is InChI=1S/C33H42ClN7O3S/c1-2-23-15-22(17-28(34)31(23)35)16-24(32(43)40-11-3-26(4-12-40)38-13-7-36-8-14-38)18-30(42)39-9-5-27(6-10-39)41-19-25-20-45-21-29(25)37-33(41)44/h1,15,17,20-21,24,26-27,36H,3-14,16,18-19,35H2,(H,37,44)/t24-/m0/s1. The molecule has 3 fully saturated rings. The second-order valence-electron chi connectivity index (χ2n) is 12.6. The number of rotatable bonds is 7. The first-order valence-electron chi connectivity index (χ1n) is 16.0. The molecule has 4 aliphatic heterocycles. The maximum absolute atomic E-state index is 14.1. The largest absolute Gasteiger partial charge is 0.397 e. The van der Waals surface area contributed by atoms with Gasteiger partial charge in [0.05, 0.1) is 28.9 Å². The van der Waals surface area contributed by atoms with E-state index in [9.17, 15) is 14.4 Å². The predicted molar refractivity (Wildman–Crippen MR) is 178 cm³/mol. The van der Waals surface area contributed by atoms with Gasteiger partial charge in [0.15, 0.2) is 0 Å². The molecule has 1 atom stereocenters. The number of likely N-dealkylation sites (tertiary alicyclic amines) is 2. The van der Waals surface area contributed by atoms with E-state index in [1.807, 2.05) is 20.1 Å². The average Bonchev–Trinajstić information content (AvgIpc) is 3.53. The van der Waals surface area contributed by atoms with Crippen molar-refractivity contribution in [2.24, 2.45) is 5.92 Å². The van der Waals surface area contributed by atoms with Crippen LogP contribution in [0.3, 0.4) is 0 Å². The summed E-state index contributed by atoms with van der Waals surface area (Å²) in [4.78, 5) is 48.8. The van der Waals surface area contributed by atoms with E-state index in [1.54, 1.807) is 23.5 Å². The zero-order valence-corrected chi connectivity index (χ0v) is 27.2. The summed E-state index contributed by atoms with van der Waals surface area (Å²) in [7, 11) is 0. The van der Waals surface area contributed by atoms with Crippen LogP contribution in [0.2, 0.25) is 5.02 Å². The summed E-state index contributed by atoms with van der Waals surface area (Å²) in [6.07, 6.45) is 9.42. The zero-order chi connectivity index (χ0) is 31.5. The number of thiophene rings is 1. The number of fused-ring (bicyclic) bond motifs is 1. The molecule has 2 aromatic rings. The SMILES string of the molecule is C#Cc1cc(C[C@@H](CC(=O)N2CCC(N3Cc4cscc4NC3=O)CC2)C(=O)N2CCC(N3CCNCC3)CC2)cc(Cl)c1N. The molecule has 0 bridgehead atoms. The zero-order valence-electron chi connectivity index (χ0n) is 25.6. The molecule has 4 N–H and O–H groups in total. The van der Waals surface area contributed by atoms with Crippen LogP contribution in [-0.2, 0) is 22.6 Å². The van der Waals surface area contributed by atoms with Crippen molar-refractivity contribution in [1.82, 2.24) is 24.9 Å². The van der Waals surface area contributed by atoms with E-state index in [1.165, 1.54) is 0 Å². The van der Waals surface area contributed by atoms with Gasteiger partial charge in [-0.15, -0.1) is 17.8 Å². The number of carbonyl (C=O) groups excluding carboxylic acids is 3. The maximum Gasteiger partial charge on any atom is 0.322 e. The van der Waals surface area contributed by atoms with Crippen LogP contribution in [0.25, 0.3) is 0 Å². The molecular formula is C33H42ClN7O3S. The number of nitrogens with two attached hydrogens (primary N) is 1. The molecule has 1 aromatic heterocycles. The van der Waals surface area contributed by atoms with Gasteiger partial charge >= 0.3 is 6.03 Å². The lowest BCUT2D eigenvalue weighted by Gasteiger charge is -2.41. The predicted octanol–water partition coefficient (Wildman–Crippen LogP) is 3.45. The fourth-order valence-electron chi connectivity index (χ4n) is 7.26. The van der Waals surface area contributed by atoms with E-state index in [0.29, 0.717) is 74.3 Å². The van der Waals surface area contributed by atoms with Gasteiger partial charge in [-0.3, -0.25) is 14.5 Å². The molecule has 5 heterocycles. The number of nitrogens with one attached hydrogen (secondary N) is 2. The smallest absolute Gasteiger partial charge is 0.322 e. The molecule has 0 spiro atoms. The van der Waals surface area contributed by atoms with Crippen molar-refractivity contribution in [3.8, 4) is 12.3 Å². The second-order valence-corrected chi connectivity index (χ2v) is 13.8. The lowest BCUT2D eigenvalue weighted by molar-refractivity contribution is -0.143. The molecule has 0 saturated carbocycles. The topological polar surface area (TPSA) is 114 Å². The third-order valence-corrected chi connectivity index (χ3v) is 11.0. The number of anilines is 2. The number of nitrogens with zero attached hydrogens (tertiary/aromatic N) is 4. The third kappa shape index (κ3) is 7.09. The van der Waals surface area contributed by atoms with Crippen LogP contribution in [0.4, 0.5) is 16.2 Å². The van der Waals surface area contributed by atoms with Crippen LogP contribution in [0.1, 0.15) is 48.8 Å². The first-order chi connectivity index (χ1) is 21.8. The molecule has 10 nitrogen and oxygen atoms in total. The summed E-state index contributed by atoms with van der Waals surface area (Å²) in [5.41, 5.74) is 9.73. The number of halogens is 1. The molecule has 240 valence electrons. The summed E-state index contributed by atoms with van der Waals surface area (Å²) < 4.78 is 0. The number of urea groups is 1. The lowest BCUT2D eigenvalue weighted by Crippen LogP contribution is -2.53. The van der Waals surface area contributed by atoms with Crippen molar-refractivity contribution in [2.45, 2.75) is 57.2 Å². The Morgan fingerprint density at radius 3 is 2.42 bits per heavy atom. The normalized spacial score (nSPS) is 20.8. The van der Waals surface area contributed by atoms with E-state index < -0.39 is 5.92 Å². The van der Waals surface area contributed by atoms with E-state index >= 15 is 0 Å². The van der Waals surface area contributed by atoms with E-state index in [-0.39, 0.29) is 30.3 Å². The average molecular weight is 652 g/mol. The highest BCUT2D eigenvalue weighted by atomic mass is 35.5. The van der Waals surface area contributed by atoms with Gasteiger partial charge in [0, 0.05) is 87.4 Å². The lowest BCUT2D eigenvalue weighted by atomic mass is 9.91. The molecule has 3 saturated heterocycles. The molecule has 1 aromatic carbocycles. The molecule has 0 aliphatic carbocycles. The first kappa shape index (κ1) is 31.7. The molecule has 45 heavy (non-hydrogen) atoms. The quantitative estimate of drug-likeness (QED) is 0.312. The van der Waals surface area contributed by atoms with Crippen molar-refractivity contribution >= 4 is 52.2 Å². The Labute approximate surface area is 274 Å². The number of piperidine rings is 2. The van der Waals surface area contributed by atoms with Gasteiger partial charge in [-0.2, -0.15) is 0 Å². The van der Waals surface area contributed by atoms with Gasteiger partial charge in [-0.05, 0) is 55.2 Å². The molecule has 4 aliphatic rings. The Hall–Kier alpha value is -3.30. The highest BCUT2D eigenvalue weighted by molar-refractivity contribution is 7.08. The molecule has 0 radical (unpaired) electrons. The Morgan fingerprint density at radius 1 is 1.02 bits per heavy atom. The Kier molecular flexibility index (Phi) is 9.85. The van der Waals surface area contributed by atoms with Gasteiger partial charge in [-0.1, -0.05) is 17.5 Å². The van der Waals surface area contributed by atoms with E-state index in [2.05, 4.69) is 26.8 Å². The number of hydrogen-bond donors (Lipinski definition) is 3.